The van der Waals surface area contributed by atoms with Gasteiger partial charge < -0.3 is 19.2 Å². The van der Waals surface area contributed by atoms with Crippen LogP contribution in [0.25, 0.3) is 0 Å². The van der Waals surface area contributed by atoms with E-state index in [1.54, 1.807) is 37.4 Å². The predicted octanol–water partition coefficient (Wildman–Crippen LogP) is 4.28. The number of hydrazone groups is 1. The summed E-state index contributed by atoms with van der Waals surface area (Å²) in [6, 6.07) is 12.3. The Morgan fingerprint density at radius 1 is 1.05 bits per heavy atom. The zero-order chi connectivity index (χ0) is 27.4. The topological polar surface area (TPSA) is 106 Å². The molecular weight excluding hydrogens is 525 g/mol. The third-order valence-electron chi connectivity index (χ3n) is 5.72. The predicted molar refractivity (Wildman–Crippen MR) is 134 cm³/mol. The van der Waals surface area contributed by atoms with Crippen LogP contribution in [-0.2, 0) is 11.0 Å². The van der Waals surface area contributed by atoms with E-state index in [1.807, 2.05) is 12.1 Å². The Morgan fingerprint density at radius 2 is 1.76 bits per heavy atom. The van der Waals surface area contributed by atoms with Crippen LogP contribution >= 0.6 is 11.8 Å². The van der Waals surface area contributed by atoms with E-state index < -0.39 is 29.4 Å². The number of amides is 1. The number of methoxy groups -OCH3 is 3. The van der Waals surface area contributed by atoms with Gasteiger partial charge in [-0.05, 0) is 47.5 Å². The SMILES string of the molecule is COc1ccc(C2=NN(C(=O)CSc3nc(C(F)(F)F)cc(=O)[nH]3)C(c3ccc(OC)c(OC)c3)C2)cc1. The molecule has 200 valence electrons. The van der Waals surface area contributed by atoms with Crippen LogP contribution in [0.2, 0.25) is 0 Å². The number of carbonyl (C=O) groups excluding carboxylic acids is 1. The van der Waals surface area contributed by atoms with E-state index in [-0.39, 0.29) is 10.9 Å². The minimum Gasteiger partial charge on any atom is -0.497 e. The molecule has 13 heteroatoms. The van der Waals surface area contributed by atoms with Gasteiger partial charge in [0.1, 0.15) is 5.75 Å². The lowest BCUT2D eigenvalue weighted by Crippen LogP contribution is -2.29. The van der Waals surface area contributed by atoms with Crippen LogP contribution in [0.5, 0.6) is 17.2 Å². The highest BCUT2D eigenvalue weighted by atomic mass is 32.2. The highest BCUT2D eigenvalue weighted by Crippen LogP contribution is 2.38. The van der Waals surface area contributed by atoms with Crippen molar-refractivity contribution in [3.8, 4) is 17.2 Å². The van der Waals surface area contributed by atoms with Crippen molar-refractivity contribution in [1.29, 1.82) is 0 Å². The third kappa shape index (κ3) is 5.93. The fourth-order valence-electron chi connectivity index (χ4n) is 3.86. The number of ether oxygens (including phenoxy) is 3. The molecule has 0 spiro atoms. The Balaban J connectivity index is 1.63. The molecule has 1 N–H and O–H groups in total. The average molecular weight is 549 g/mol. The molecule has 1 aliphatic rings. The minimum atomic E-state index is -4.79. The second-order valence-electron chi connectivity index (χ2n) is 8.07. The average Bonchev–Trinajstić information content (AvgIpc) is 3.36. The summed E-state index contributed by atoms with van der Waals surface area (Å²) >= 11 is 0.684. The normalized spacial score (nSPS) is 15.3. The van der Waals surface area contributed by atoms with E-state index in [1.165, 1.54) is 19.2 Å². The second-order valence-corrected chi connectivity index (χ2v) is 9.03. The molecule has 1 unspecified atom stereocenters. The number of benzene rings is 2. The first-order valence-electron chi connectivity index (χ1n) is 11.2. The quantitative estimate of drug-likeness (QED) is 0.331. The van der Waals surface area contributed by atoms with Crippen molar-refractivity contribution in [1.82, 2.24) is 15.0 Å². The van der Waals surface area contributed by atoms with Gasteiger partial charge in [0, 0.05) is 12.5 Å². The van der Waals surface area contributed by atoms with E-state index in [2.05, 4.69) is 15.1 Å². The number of aromatic amines is 1. The summed E-state index contributed by atoms with van der Waals surface area (Å²) in [5.74, 6) is 0.844. The molecule has 0 aliphatic carbocycles. The summed E-state index contributed by atoms with van der Waals surface area (Å²) in [5.41, 5.74) is -0.162. The molecular formula is C25H23F3N4O5S. The number of rotatable bonds is 8. The number of H-pyrrole nitrogens is 1. The van der Waals surface area contributed by atoms with Crippen molar-refractivity contribution < 1.29 is 32.2 Å². The maximum Gasteiger partial charge on any atom is 0.433 e. The van der Waals surface area contributed by atoms with E-state index in [4.69, 9.17) is 14.2 Å². The van der Waals surface area contributed by atoms with Crippen LogP contribution in [0.15, 0.2) is 63.6 Å². The smallest absolute Gasteiger partial charge is 0.433 e. The number of alkyl halides is 3. The van der Waals surface area contributed by atoms with Crippen molar-refractivity contribution in [2.45, 2.75) is 23.8 Å². The Labute approximate surface area is 219 Å². The number of halogens is 3. The molecule has 1 aromatic heterocycles. The van der Waals surface area contributed by atoms with Crippen molar-refractivity contribution in [2.24, 2.45) is 5.10 Å². The van der Waals surface area contributed by atoms with Crippen LogP contribution in [0, 0.1) is 0 Å². The molecule has 2 aromatic carbocycles. The third-order valence-corrected chi connectivity index (χ3v) is 6.58. The molecule has 4 rings (SSSR count). The van der Waals surface area contributed by atoms with Crippen molar-refractivity contribution >= 4 is 23.4 Å². The molecule has 0 radical (unpaired) electrons. The Morgan fingerprint density at radius 3 is 2.39 bits per heavy atom. The van der Waals surface area contributed by atoms with Gasteiger partial charge in [-0.1, -0.05) is 17.8 Å². The fourth-order valence-corrected chi connectivity index (χ4v) is 4.59. The maximum absolute atomic E-state index is 13.3. The Bertz CT molecular complexity index is 1410. The molecule has 0 saturated heterocycles. The minimum absolute atomic E-state index is 0.312. The monoisotopic (exact) mass is 548 g/mol. The molecule has 38 heavy (non-hydrogen) atoms. The maximum atomic E-state index is 13.3. The lowest BCUT2D eigenvalue weighted by atomic mass is 9.98. The summed E-state index contributed by atoms with van der Waals surface area (Å²) in [4.78, 5) is 30.7. The van der Waals surface area contributed by atoms with Crippen molar-refractivity contribution in [3.05, 3.63) is 75.7 Å². The van der Waals surface area contributed by atoms with Gasteiger partial charge in [-0.3, -0.25) is 9.59 Å². The van der Waals surface area contributed by atoms with E-state index in [0.717, 1.165) is 11.1 Å². The first-order chi connectivity index (χ1) is 18.1. The molecule has 9 nitrogen and oxygen atoms in total. The summed E-state index contributed by atoms with van der Waals surface area (Å²) in [5, 5.41) is 5.53. The van der Waals surface area contributed by atoms with Gasteiger partial charge in [-0.2, -0.15) is 18.3 Å². The van der Waals surface area contributed by atoms with Gasteiger partial charge in [-0.25, -0.2) is 9.99 Å². The first kappa shape index (κ1) is 27.0. The molecule has 0 fully saturated rings. The fraction of sp³-hybridized carbons (Fsp3) is 0.280. The second kappa shape index (κ2) is 11.2. The standard InChI is InChI=1S/C25H23F3N4O5S/c1-35-16-7-4-14(5-8-16)17-11-18(15-6-9-19(36-2)20(10-15)37-3)32(31-17)23(34)13-38-24-29-21(25(26,27)28)12-22(33)30-24/h4-10,12,18H,11,13H2,1-3H3,(H,29,30,33). The molecule has 1 atom stereocenters. The number of hydrogen-bond acceptors (Lipinski definition) is 8. The Kier molecular flexibility index (Phi) is 7.95. The summed E-state index contributed by atoms with van der Waals surface area (Å²) in [6.45, 7) is 0. The summed E-state index contributed by atoms with van der Waals surface area (Å²) in [7, 11) is 4.56. The zero-order valence-corrected chi connectivity index (χ0v) is 21.4. The van der Waals surface area contributed by atoms with E-state index in [0.29, 0.717) is 47.2 Å². The van der Waals surface area contributed by atoms with Crippen molar-refractivity contribution in [3.63, 3.8) is 0 Å². The number of nitrogens with zero attached hydrogens (tertiary/aromatic N) is 3. The van der Waals surface area contributed by atoms with Crippen LogP contribution in [0.4, 0.5) is 13.2 Å². The van der Waals surface area contributed by atoms with Crippen LogP contribution in [0.3, 0.4) is 0 Å². The van der Waals surface area contributed by atoms with Gasteiger partial charge in [0.25, 0.3) is 11.5 Å². The van der Waals surface area contributed by atoms with Gasteiger partial charge in [0.2, 0.25) is 0 Å². The van der Waals surface area contributed by atoms with E-state index in [9.17, 15) is 22.8 Å². The zero-order valence-electron chi connectivity index (χ0n) is 20.5. The number of nitrogens with one attached hydrogen (secondary N) is 1. The molecule has 1 aliphatic heterocycles. The van der Waals surface area contributed by atoms with Gasteiger partial charge in [0.15, 0.2) is 22.3 Å². The number of thioether (sulfide) groups is 1. The number of hydrogen-bond donors (Lipinski definition) is 1. The molecule has 1 amide bonds. The number of aromatic nitrogens is 2. The van der Waals surface area contributed by atoms with Crippen LogP contribution < -0.4 is 19.8 Å². The lowest BCUT2D eigenvalue weighted by Gasteiger charge is -2.22. The highest BCUT2D eigenvalue weighted by Gasteiger charge is 2.35. The van der Waals surface area contributed by atoms with Gasteiger partial charge >= 0.3 is 6.18 Å². The summed E-state index contributed by atoms with van der Waals surface area (Å²) < 4.78 is 55.1. The first-order valence-corrected chi connectivity index (χ1v) is 12.2. The Hall–Kier alpha value is -4.00. The molecule has 2 heterocycles. The summed E-state index contributed by atoms with van der Waals surface area (Å²) in [6.07, 6.45) is -4.42. The van der Waals surface area contributed by atoms with Crippen LogP contribution in [0.1, 0.15) is 29.3 Å². The molecule has 3 aromatic rings. The molecule has 0 bridgehead atoms. The van der Waals surface area contributed by atoms with Gasteiger partial charge in [-0.15, -0.1) is 0 Å². The van der Waals surface area contributed by atoms with Crippen LogP contribution in [-0.4, -0.2) is 53.7 Å². The van der Waals surface area contributed by atoms with Gasteiger partial charge in [0.05, 0.1) is 38.8 Å². The highest BCUT2D eigenvalue weighted by molar-refractivity contribution is 7.99. The van der Waals surface area contributed by atoms with E-state index >= 15 is 0 Å². The molecule has 0 saturated carbocycles. The largest absolute Gasteiger partial charge is 0.497 e. The lowest BCUT2D eigenvalue weighted by molar-refractivity contribution is -0.141. The van der Waals surface area contributed by atoms with Crippen molar-refractivity contribution in [2.75, 3.05) is 27.1 Å². The number of carbonyl (C=O) groups is 1.